The number of ether oxygens (including phenoxy) is 3. The number of amides is 1. The first-order chi connectivity index (χ1) is 14.0. The normalized spacial score (nSPS) is 22.5. The Balaban J connectivity index is 1.59. The van der Waals surface area contributed by atoms with Gasteiger partial charge in [0.15, 0.2) is 18.0 Å². The monoisotopic (exact) mass is 405 g/mol. The second-order valence-electron chi connectivity index (χ2n) is 8.27. The molecule has 1 aromatic rings. The van der Waals surface area contributed by atoms with Crippen LogP contribution in [0.1, 0.15) is 44.7 Å². The summed E-state index contributed by atoms with van der Waals surface area (Å²) in [7, 11) is 1.43. The number of likely N-dealkylation sites (tertiary alicyclic amines) is 1. The lowest BCUT2D eigenvalue weighted by atomic mass is 9.95. The van der Waals surface area contributed by atoms with E-state index in [1.54, 1.807) is 0 Å². The number of hydrogen-bond acceptors (Lipinski definition) is 5. The molecule has 1 fully saturated rings. The quantitative estimate of drug-likeness (QED) is 0.694. The molecule has 0 bridgehead atoms. The SMILES string of the molecule is COC(=O)C1CC[NH+](CC(=O)N[C@H](c2ccc3c(c2)OCCCO3)C(C)C)CC1. The molecule has 0 aromatic heterocycles. The lowest BCUT2D eigenvalue weighted by Crippen LogP contribution is -3.14. The Morgan fingerprint density at radius 3 is 2.52 bits per heavy atom. The summed E-state index contributed by atoms with van der Waals surface area (Å²) < 4.78 is 16.3. The van der Waals surface area contributed by atoms with Crippen LogP contribution in [0.3, 0.4) is 0 Å². The summed E-state index contributed by atoms with van der Waals surface area (Å²) >= 11 is 0. The molecule has 2 N–H and O–H groups in total. The Bertz CT molecular complexity index is 713. The number of hydrogen-bond donors (Lipinski definition) is 2. The van der Waals surface area contributed by atoms with Crippen LogP contribution in [0, 0.1) is 11.8 Å². The fourth-order valence-electron chi connectivity index (χ4n) is 4.06. The number of benzene rings is 1. The van der Waals surface area contributed by atoms with Crippen molar-refractivity contribution in [2.24, 2.45) is 11.8 Å². The minimum absolute atomic E-state index is 0.0299. The molecule has 0 spiro atoms. The first-order valence-corrected chi connectivity index (χ1v) is 10.6. The number of carbonyl (C=O) groups is 2. The minimum Gasteiger partial charge on any atom is -0.490 e. The average molecular weight is 406 g/mol. The molecule has 1 saturated heterocycles. The van der Waals surface area contributed by atoms with Crippen molar-refractivity contribution in [3.05, 3.63) is 23.8 Å². The first-order valence-electron chi connectivity index (χ1n) is 10.6. The summed E-state index contributed by atoms with van der Waals surface area (Å²) in [4.78, 5) is 25.6. The zero-order valence-electron chi connectivity index (χ0n) is 17.7. The van der Waals surface area contributed by atoms with Crippen LogP contribution in [-0.4, -0.2) is 51.8 Å². The van der Waals surface area contributed by atoms with E-state index in [1.807, 2.05) is 18.2 Å². The third-order valence-electron chi connectivity index (χ3n) is 5.75. The fraction of sp³-hybridized carbons (Fsp3) is 0.636. The number of quaternary nitrogens is 1. The zero-order valence-corrected chi connectivity index (χ0v) is 17.7. The van der Waals surface area contributed by atoms with Gasteiger partial charge in [0.2, 0.25) is 0 Å². The number of rotatable bonds is 6. The highest BCUT2D eigenvalue weighted by atomic mass is 16.5. The van der Waals surface area contributed by atoms with Gasteiger partial charge in [-0.05, 0) is 23.6 Å². The molecule has 2 aliphatic rings. The third-order valence-corrected chi connectivity index (χ3v) is 5.75. The average Bonchev–Trinajstić information content (AvgIpc) is 2.96. The Kier molecular flexibility index (Phi) is 7.36. The molecule has 2 aliphatic heterocycles. The predicted molar refractivity (Wildman–Crippen MR) is 108 cm³/mol. The second-order valence-corrected chi connectivity index (χ2v) is 8.27. The highest BCUT2D eigenvalue weighted by Gasteiger charge is 2.30. The number of nitrogens with one attached hydrogen (secondary N) is 2. The summed E-state index contributed by atoms with van der Waals surface area (Å²) in [6, 6.07) is 5.83. The molecule has 1 amide bonds. The van der Waals surface area contributed by atoms with E-state index in [9.17, 15) is 9.59 Å². The molecule has 0 saturated carbocycles. The Hall–Kier alpha value is -2.28. The van der Waals surface area contributed by atoms with Gasteiger partial charge in [-0.2, -0.15) is 0 Å². The van der Waals surface area contributed by atoms with Crippen molar-refractivity contribution in [1.82, 2.24) is 5.32 Å². The maximum absolute atomic E-state index is 12.7. The number of fused-ring (bicyclic) bond motifs is 1. The largest absolute Gasteiger partial charge is 0.490 e. The molecule has 0 aliphatic carbocycles. The molecule has 0 unspecified atom stereocenters. The topological polar surface area (TPSA) is 78.3 Å². The molecule has 29 heavy (non-hydrogen) atoms. The lowest BCUT2D eigenvalue weighted by molar-refractivity contribution is -0.897. The van der Waals surface area contributed by atoms with Crippen LogP contribution in [0.2, 0.25) is 0 Å². The van der Waals surface area contributed by atoms with Gasteiger partial charge < -0.3 is 24.4 Å². The Morgan fingerprint density at radius 1 is 1.17 bits per heavy atom. The van der Waals surface area contributed by atoms with Crippen LogP contribution in [0.5, 0.6) is 11.5 Å². The summed E-state index contributed by atoms with van der Waals surface area (Å²) in [5.41, 5.74) is 1.02. The molecule has 160 valence electrons. The van der Waals surface area contributed by atoms with Crippen LogP contribution >= 0.6 is 0 Å². The molecular weight excluding hydrogens is 372 g/mol. The molecule has 0 radical (unpaired) electrons. The maximum Gasteiger partial charge on any atom is 0.309 e. The van der Waals surface area contributed by atoms with E-state index in [1.165, 1.54) is 12.0 Å². The zero-order chi connectivity index (χ0) is 20.8. The first kappa shape index (κ1) is 21.4. The highest BCUT2D eigenvalue weighted by molar-refractivity contribution is 5.77. The van der Waals surface area contributed by atoms with E-state index in [0.717, 1.165) is 49.4 Å². The summed E-state index contributed by atoms with van der Waals surface area (Å²) in [5, 5.41) is 3.20. The second kappa shape index (κ2) is 9.96. The van der Waals surface area contributed by atoms with Gasteiger partial charge >= 0.3 is 5.97 Å². The smallest absolute Gasteiger partial charge is 0.309 e. The highest BCUT2D eigenvalue weighted by Crippen LogP contribution is 2.34. The predicted octanol–water partition coefficient (Wildman–Crippen LogP) is 1.13. The van der Waals surface area contributed by atoms with Crippen LogP contribution in [0.4, 0.5) is 0 Å². The van der Waals surface area contributed by atoms with E-state index in [2.05, 4.69) is 19.2 Å². The number of esters is 1. The van der Waals surface area contributed by atoms with Crippen molar-refractivity contribution in [3.63, 3.8) is 0 Å². The van der Waals surface area contributed by atoms with Gasteiger partial charge in [0.05, 0.1) is 45.4 Å². The van der Waals surface area contributed by atoms with Crippen molar-refractivity contribution in [2.45, 2.75) is 39.2 Å². The van der Waals surface area contributed by atoms with Gasteiger partial charge in [-0.25, -0.2) is 0 Å². The van der Waals surface area contributed by atoms with Crippen molar-refractivity contribution >= 4 is 11.9 Å². The minimum atomic E-state index is -0.136. The Labute approximate surface area is 172 Å². The van der Waals surface area contributed by atoms with Crippen molar-refractivity contribution in [1.29, 1.82) is 0 Å². The van der Waals surface area contributed by atoms with E-state index >= 15 is 0 Å². The van der Waals surface area contributed by atoms with Crippen LogP contribution in [-0.2, 0) is 14.3 Å². The molecule has 1 atom stereocenters. The van der Waals surface area contributed by atoms with Crippen LogP contribution < -0.4 is 19.7 Å². The molecule has 2 heterocycles. The molecule has 1 aromatic carbocycles. The van der Waals surface area contributed by atoms with E-state index < -0.39 is 0 Å². The number of piperidine rings is 1. The van der Waals surface area contributed by atoms with Crippen LogP contribution in [0.15, 0.2) is 18.2 Å². The van der Waals surface area contributed by atoms with Gasteiger partial charge in [0.25, 0.3) is 5.91 Å². The van der Waals surface area contributed by atoms with Crippen molar-refractivity contribution in [3.8, 4) is 11.5 Å². The van der Waals surface area contributed by atoms with Crippen molar-refractivity contribution < 1.29 is 28.7 Å². The fourth-order valence-corrected chi connectivity index (χ4v) is 4.06. The summed E-state index contributed by atoms with van der Waals surface area (Å²) in [6.45, 7) is 7.53. The van der Waals surface area contributed by atoms with E-state index in [4.69, 9.17) is 14.2 Å². The Morgan fingerprint density at radius 2 is 1.86 bits per heavy atom. The van der Waals surface area contributed by atoms with Gasteiger partial charge in [-0.3, -0.25) is 9.59 Å². The van der Waals surface area contributed by atoms with E-state index in [0.29, 0.717) is 19.8 Å². The number of methoxy groups -OCH3 is 1. The van der Waals surface area contributed by atoms with Gasteiger partial charge in [0, 0.05) is 19.3 Å². The van der Waals surface area contributed by atoms with Crippen molar-refractivity contribution in [2.75, 3.05) is 40.0 Å². The standard InChI is InChI=1S/C22H32N2O5/c1-15(2)21(17-5-6-18-19(13-17)29-12-4-11-28-18)23-20(25)14-24-9-7-16(8-10-24)22(26)27-3/h5-6,13,15-16,21H,4,7-12,14H2,1-3H3,(H,23,25)/p+1/t21-/m0/s1. The maximum atomic E-state index is 12.7. The van der Waals surface area contributed by atoms with E-state index in [-0.39, 0.29) is 29.8 Å². The molecule has 7 nitrogen and oxygen atoms in total. The molecule has 7 heteroatoms. The molecule has 3 rings (SSSR count). The van der Waals surface area contributed by atoms with Crippen LogP contribution in [0.25, 0.3) is 0 Å². The molecular formula is C22H33N2O5+. The summed E-state index contributed by atoms with van der Waals surface area (Å²) in [5.74, 6) is 1.61. The third kappa shape index (κ3) is 5.63. The van der Waals surface area contributed by atoms with Gasteiger partial charge in [0.1, 0.15) is 0 Å². The van der Waals surface area contributed by atoms with Gasteiger partial charge in [-0.15, -0.1) is 0 Å². The lowest BCUT2D eigenvalue weighted by Gasteiger charge is -2.29. The number of carbonyl (C=O) groups excluding carboxylic acids is 2. The van der Waals surface area contributed by atoms with Gasteiger partial charge in [-0.1, -0.05) is 19.9 Å². The summed E-state index contributed by atoms with van der Waals surface area (Å²) in [6.07, 6.45) is 2.40.